The second kappa shape index (κ2) is 14.9. The van der Waals surface area contributed by atoms with Crippen molar-refractivity contribution in [1.82, 2.24) is 0 Å². The maximum absolute atomic E-state index is 11.6. The Labute approximate surface area is 268 Å². The van der Waals surface area contributed by atoms with Gasteiger partial charge in [-0.25, -0.2) is 4.79 Å². The molecule has 226 valence electrons. The summed E-state index contributed by atoms with van der Waals surface area (Å²) < 4.78 is 12.2. The Morgan fingerprint density at radius 2 is 1.33 bits per heavy atom. The van der Waals surface area contributed by atoms with Crippen molar-refractivity contribution in [3.05, 3.63) is 120 Å². The van der Waals surface area contributed by atoms with Gasteiger partial charge < -0.3 is 19.5 Å². The summed E-state index contributed by atoms with van der Waals surface area (Å²) >= 11 is 1.64. The minimum atomic E-state index is -1.29. The number of anilines is 3. The molecule has 0 saturated carbocycles. The second-order valence-corrected chi connectivity index (χ2v) is 11.4. The lowest BCUT2D eigenvalue weighted by molar-refractivity contribution is -0.132. The molecule has 0 saturated heterocycles. The smallest absolute Gasteiger partial charge is 0.346 e. The number of nitrogens with zero attached hydrogens (tertiary/aromatic N) is 2. The van der Waals surface area contributed by atoms with Crippen molar-refractivity contribution in [1.29, 1.82) is 5.26 Å². The molecule has 4 aromatic carbocycles. The molecule has 0 spiro atoms. The SMILES string of the molecule is CCCOc1cc(-c2ccc(-c3ccc(N(c4ccccc4)c4ccccc4)cc3)s2)c(OCCC)cc1/C=C(\C#N)C(=O)O. The Bertz CT molecular complexity index is 1770. The van der Waals surface area contributed by atoms with E-state index in [1.165, 1.54) is 6.08 Å². The Hall–Kier alpha value is -5.32. The van der Waals surface area contributed by atoms with Crippen molar-refractivity contribution < 1.29 is 19.4 Å². The fraction of sp³-hybridized carbons (Fsp3) is 0.158. The van der Waals surface area contributed by atoms with Crippen LogP contribution in [0.5, 0.6) is 11.5 Å². The summed E-state index contributed by atoms with van der Waals surface area (Å²) in [7, 11) is 0. The van der Waals surface area contributed by atoms with Crippen LogP contribution < -0.4 is 14.4 Å². The fourth-order valence-corrected chi connectivity index (χ4v) is 5.89. The first kappa shape index (κ1) is 31.1. The van der Waals surface area contributed by atoms with Crippen LogP contribution in [0.2, 0.25) is 0 Å². The monoisotopic (exact) mass is 614 g/mol. The largest absolute Gasteiger partial charge is 0.493 e. The Morgan fingerprint density at radius 3 is 1.89 bits per heavy atom. The van der Waals surface area contributed by atoms with Gasteiger partial charge in [0.2, 0.25) is 0 Å². The average molecular weight is 615 g/mol. The van der Waals surface area contributed by atoms with Gasteiger partial charge in [-0.2, -0.15) is 5.26 Å². The van der Waals surface area contributed by atoms with Gasteiger partial charge in [0.05, 0.1) is 13.2 Å². The standard InChI is InChI=1S/C38H34N2O4S/c1-3-21-43-34-25-33(35(44-22-4-2)24-28(34)23-29(26-39)38(41)42)37-20-19-36(45-37)27-15-17-32(18-16-27)40(30-11-7-5-8-12-30)31-13-9-6-10-14-31/h5-20,23-25H,3-4,21-22H2,1-2H3,(H,41,42)/b29-23+. The Kier molecular flexibility index (Phi) is 10.3. The molecule has 0 bridgehead atoms. The van der Waals surface area contributed by atoms with Crippen LogP contribution >= 0.6 is 11.3 Å². The molecular formula is C38H34N2O4S. The molecule has 0 atom stereocenters. The van der Waals surface area contributed by atoms with Crippen LogP contribution in [0, 0.1) is 11.3 Å². The van der Waals surface area contributed by atoms with E-state index < -0.39 is 5.97 Å². The first-order valence-electron chi connectivity index (χ1n) is 14.9. The molecule has 0 amide bonds. The maximum Gasteiger partial charge on any atom is 0.346 e. The van der Waals surface area contributed by atoms with Crippen LogP contribution in [0.15, 0.2) is 115 Å². The van der Waals surface area contributed by atoms with E-state index >= 15 is 0 Å². The molecule has 5 aromatic rings. The molecule has 1 heterocycles. The minimum absolute atomic E-state index is 0.370. The summed E-state index contributed by atoms with van der Waals surface area (Å²) in [4.78, 5) is 15.9. The van der Waals surface area contributed by atoms with E-state index in [2.05, 4.69) is 65.6 Å². The molecule has 5 rings (SSSR count). The van der Waals surface area contributed by atoms with Gasteiger partial charge in [0, 0.05) is 37.9 Å². The topological polar surface area (TPSA) is 82.8 Å². The highest BCUT2D eigenvalue weighted by molar-refractivity contribution is 7.18. The summed E-state index contributed by atoms with van der Waals surface area (Å²) in [5.74, 6) is -0.172. The van der Waals surface area contributed by atoms with Crippen LogP contribution in [0.3, 0.4) is 0 Å². The van der Waals surface area contributed by atoms with Gasteiger partial charge in [0.15, 0.2) is 0 Å². The molecule has 45 heavy (non-hydrogen) atoms. The molecule has 1 N–H and O–H groups in total. The highest BCUT2D eigenvalue weighted by Gasteiger charge is 2.18. The van der Waals surface area contributed by atoms with Crippen molar-refractivity contribution >= 4 is 40.4 Å². The Morgan fingerprint density at radius 1 is 0.778 bits per heavy atom. The van der Waals surface area contributed by atoms with E-state index in [9.17, 15) is 15.2 Å². The lowest BCUT2D eigenvalue weighted by atomic mass is 10.0. The number of carbonyl (C=O) groups is 1. The van der Waals surface area contributed by atoms with Crippen LogP contribution in [-0.4, -0.2) is 24.3 Å². The number of para-hydroxylation sites is 2. The quantitative estimate of drug-likeness (QED) is 0.105. The zero-order chi connectivity index (χ0) is 31.6. The van der Waals surface area contributed by atoms with Gasteiger partial charge in [-0.05, 0) is 85.1 Å². The molecule has 6 nitrogen and oxygen atoms in total. The van der Waals surface area contributed by atoms with Gasteiger partial charge in [0.1, 0.15) is 23.1 Å². The summed E-state index contributed by atoms with van der Waals surface area (Å²) in [6.07, 6.45) is 2.93. The highest BCUT2D eigenvalue weighted by Crippen LogP contribution is 2.43. The normalized spacial score (nSPS) is 11.1. The van der Waals surface area contributed by atoms with Gasteiger partial charge >= 0.3 is 5.97 Å². The van der Waals surface area contributed by atoms with Crippen molar-refractivity contribution in [2.75, 3.05) is 18.1 Å². The Balaban J connectivity index is 1.51. The maximum atomic E-state index is 11.6. The summed E-state index contributed by atoms with van der Waals surface area (Å²) in [6, 6.07) is 38.8. The summed E-state index contributed by atoms with van der Waals surface area (Å²) in [5.41, 5.74) is 5.29. The molecule has 1 aromatic heterocycles. The third kappa shape index (κ3) is 7.43. The van der Waals surface area contributed by atoms with Crippen LogP contribution in [0.25, 0.3) is 27.0 Å². The van der Waals surface area contributed by atoms with E-state index in [1.807, 2.05) is 56.3 Å². The summed E-state index contributed by atoms with van der Waals surface area (Å²) in [5, 5.41) is 18.8. The predicted molar refractivity (Wildman–Crippen MR) is 183 cm³/mol. The van der Waals surface area contributed by atoms with Crippen molar-refractivity contribution in [3.8, 4) is 38.4 Å². The third-order valence-corrected chi connectivity index (χ3v) is 8.16. The van der Waals surface area contributed by atoms with E-state index in [0.717, 1.165) is 50.8 Å². The lowest BCUT2D eigenvalue weighted by Gasteiger charge is -2.25. The lowest BCUT2D eigenvalue weighted by Crippen LogP contribution is -2.09. The van der Waals surface area contributed by atoms with E-state index in [0.29, 0.717) is 30.3 Å². The molecule has 0 radical (unpaired) electrons. The molecular weight excluding hydrogens is 580 g/mol. The third-order valence-electron chi connectivity index (χ3n) is 7.00. The molecule has 7 heteroatoms. The van der Waals surface area contributed by atoms with Gasteiger partial charge in [-0.1, -0.05) is 62.4 Å². The van der Waals surface area contributed by atoms with Crippen LogP contribution in [0.1, 0.15) is 32.3 Å². The first-order chi connectivity index (χ1) is 22.0. The number of benzene rings is 4. The second-order valence-electron chi connectivity index (χ2n) is 10.3. The van der Waals surface area contributed by atoms with E-state index in [1.54, 1.807) is 23.5 Å². The number of thiophene rings is 1. The van der Waals surface area contributed by atoms with Crippen LogP contribution in [0.4, 0.5) is 17.1 Å². The number of carboxylic acid groups (broad SMARTS) is 1. The van der Waals surface area contributed by atoms with Gasteiger partial charge in [-0.3, -0.25) is 0 Å². The zero-order valence-electron chi connectivity index (χ0n) is 25.3. The highest BCUT2D eigenvalue weighted by atomic mass is 32.1. The number of nitriles is 1. The number of aliphatic carboxylic acids is 1. The minimum Gasteiger partial charge on any atom is -0.493 e. The van der Waals surface area contributed by atoms with E-state index in [-0.39, 0.29) is 5.57 Å². The van der Waals surface area contributed by atoms with Crippen molar-refractivity contribution in [2.45, 2.75) is 26.7 Å². The van der Waals surface area contributed by atoms with Crippen LogP contribution in [-0.2, 0) is 4.79 Å². The van der Waals surface area contributed by atoms with Gasteiger partial charge in [0.25, 0.3) is 0 Å². The molecule has 0 aliphatic rings. The van der Waals surface area contributed by atoms with Gasteiger partial charge in [-0.15, -0.1) is 11.3 Å². The first-order valence-corrected chi connectivity index (χ1v) is 15.7. The predicted octanol–water partition coefficient (Wildman–Crippen LogP) is 10.1. The van der Waals surface area contributed by atoms with Crippen molar-refractivity contribution in [2.24, 2.45) is 0 Å². The number of hydrogen-bond acceptors (Lipinski definition) is 6. The fourth-order valence-electron chi connectivity index (χ4n) is 4.86. The van der Waals surface area contributed by atoms with Crippen molar-refractivity contribution in [3.63, 3.8) is 0 Å². The average Bonchev–Trinajstić information content (AvgIpc) is 3.57. The summed E-state index contributed by atoms with van der Waals surface area (Å²) in [6.45, 7) is 4.98. The molecule has 0 fully saturated rings. The number of hydrogen-bond donors (Lipinski definition) is 1. The van der Waals surface area contributed by atoms with E-state index in [4.69, 9.17) is 9.47 Å². The molecule has 0 unspecified atom stereocenters. The molecule has 0 aliphatic carbocycles. The molecule has 0 aliphatic heterocycles. The number of carboxylic acids is 1. The number of ether oxygens (including phenoxy) is 2. The number of rotatable bonds is 13. The zero-order valence-corrected chi connectivity index (χ0v) is 26.1.